The van der Waals surface area contributed by atoms with Crippen LogP contribution in [-0.4, -0.2) is 18.7 Å². The number of nitrogens with zero attached hydrogens (tertiary/aromatic N) is 2. The maximum atomic E-state index is 13.9. The number of hydrogen-bond acceptors (Lipinski definition) is 5. The summed E-state index contributed by atoms with van der Waals surface area (Å²) in [6.07, 6.45) is 1.77. The first-order valence-corrected chi connectivity index (χ1v) is 12.8. The van der Waals surface area contributed by atoms with Gasteiger partial charge < -0.3 is 5.32 Å². The number of fused-ring (bicyclic) bond motifs is 1. The number of hydrogen-bond donors (Lipinski definition) is 3. The number of halogens is 1. The Kier molecular flexibility index (Phi) is 6.54. The summed E-state index contributed by atoms with van der Waals surface area (Å²) in [4.78, 5) is 9.13. The molecule has 2 aromatic heterocycles. The molecule has 1 atom stereocenters. The van der Waals surface area contributed by atoms with Gasteiger partial charge in [-0.05, 0) is 72.1 Å². The van der Waals surface area contributed by atoms with E-state index in [-0.39, 0.29) is 5.82 Å². The first kappa shape index (κ1) is 23.1. The van der Waals surface area contributed by atoms with Crippen LogP contribution in [0.4, 0.5) is 15.8 Å². The summed E-state index contributed by atoms with van der Waals surface area (Å²) in [5.74, 6) is -0.244. The summed E-state index contributed by atoms with van der Waals surface area (Å²) in [7, 11) is 0. The topological polar surface area (TPSA) is 87.1 Å². The molecule has 5 rings (SSSR count). The van der Waals surface area contributed by atoms with Crippen LogP contribution >= 0.6 is 11.3 Å². The van der Waals surface area contributed by atoms with E-state index >= 15 is 0 Å². The van der Waals surface area contributed by atoms with Crippen molar-refractivity contribution in [3.05, 3.63) is 95.4 Å². The van der Waals surface area contributed by atoms with E-state index < -0.39 is 11.3 Å². The van der Waals surface area contributed by atoms with Crippen LogP contribution in [0.25, 0.3) is 32.6 Å². The Morgan fingerprint density at radius 3 is 2.54 bits per heavy atom. The van der Waals surface area contributed by atoms with Crippen LogP contribution < -0.4 is 10.0 Å². The molecule has 5 aromatic rings. The zero-order valence-corrected chi connectivity index (χ0v) is 20.3. The van der Waals surface area contributed by atoms with E-state index in [1.165, 1.54) is 6.07 Å². The molecule has 1 unspecified atom stereocenters. The summed E-state index contributed by atoms with van der Waals surface area (Å²) in [5, 5.41) is 3.40. The van der Waals surface area contributed by atoms with Crippen molar-refractivity contribution in [1.29, 1.82) is 0 Å². The normalized spacial score (nSPS) is 12.0. The van der Waals surface area contributed by atoms with E-state index in [0.717, 1.165) is 43.9 Å². The second kappa shape index (κ2) is 9.91. The molecule has 3 aromatic carbocycles. The van der Waals surface area contributed by atoms with Gasteiger partial charge in [0, 0.05) is 23.4 Å². The smallest absolute Gasteiger partial charge is 0.259 e. The highest BCUT2D eigenvalue weighted by Crippen LogP contribution is 2.35. The number of nitrogens with one attached hydrogen (secondary N) is 2. The van der Waals surface area contributed by atoms with Crippen LogP contribution in [0.2, 0.25) is 0 Å². The van der Waals surface area contributed by atoms with Crippen LogP contribution in [0.1, 0.15) is 11.1 Å². The van der Waals surface area contributed by atoms with E-state index in [1.54, 1.807) is 42.7 Å². The number of aryl methyl sites for hydroxylation is 1. The summed E-state index contributed by atoms with van der Waals surface area (Å²) in [6.45, 7) is 2.29. The lowest BCUT2D eigenvalue weighted by molar-refractivity contribution is 0.570. The van der Waals surface area contributed by atoms with Crippen molar-refractivity contribution in [2.45, 2.75) is 13.5 Å². The maximum absolute atomic E-state index is 13.9. The molecule has 35 heavy (non-hydrogen) atoms. The quantitative estimate of drug-likeness (QED) is 0.217. The third kappa shape index (κ3) is 5.22. The third-order valence-corrected chi connectivity index (χ3v) is 6.82. The van der Waals surface area contributed by atoms with E-state index in [0.29, 0.717) is 17.8 Å². The number of rotatable bonds is 7. The van der Waals surface area contributed by atoms with Gasteiger partial charge in [-0.25, -0.2) is 13.6 Å². The zero-order chi connectivity index (χ0) is 24.4. The Morgan fingerprint density at radius 1 is 0.971 bits per heavy atom. The van der Waals surface area contributed by atoms with Crippen LogP contribution in [0.3, 0.4) is 0 Å². The number of benzene rings is 3. The van der Waals surface area contributed by atoms with Gasteiger partial charge in [-0.15, -0.1) is 11.3 Å². The Bertz CT molecular complexity index is 1540. The summed E-state index contributed by atoms with van der Waals surface area (Å²) < 4.78 is 37.3. The van der Waals surface area contributed by atoms with Gasteiger partial charge in [-0.1, -0.05) is 18.2 Å². The van der Waals surface area contributed by atoms with Gasteiger partial charge in [0.15, 0.2) is 0 Å². The molecular weight excluding hydrogens is 483 g/mol. The minimum Gasteiger partial charge on any atom is -0.380 e. The van der Waals surface area contributed by atoms with Gasteiger partial charge in [0.05, 0.1) is 33.3 Å². The molecule has 0 fully saturated rings. The van der Waals surface area contributed by atoms with Crippen molar-refractivity contribution in [3.63, 3.8) is 0 Å². The van der Waals surface area contributed by atoms with Crippen molar-refractivity contribution >= 4 is 44.2 Å². The molecule has 0 aliphatic carbocycles. The van der Waals surface area contributed by atoms with Crippen molar-refractivity contribution < 1.29 is 13.2 Å². The average molecular weight is 505 g/mol. The van der Waals surface area contributed by atoms with Gasteiger partial charge in [0.1, 0.15) is 5.82 Å². The lowest BCUT2D eigenvalue weighted by Crippen LogP contribution is -2.03. The van der Waals surface area contributed by atoms with Gasteiger partial charge >= 0.3 is 0 Å². The lowest BCUT2D eigenvalue weighted by atomic mass is 9.97. The molecule has 0 amide bonds. The molecule has 9 heteroatoms. The largest absolute Gasteiger partial charge is 0.380 e. The SMILES string of the molecule is Cc1cc(-c2ncc(NCc3ccc(NS(=O)O)cc3)cc2-c2ccc3ncsc3c2)ccc1F. The predicted molar refractivity (Wildman–Crippen MR) is 141 cm³/mol. The minimum atomic E-state index is -2.10. The minimum absolute atomic E-state index is 0.244. The van der Waals surface area contributed by atoms with Crippen molar-refractivity contribution in [2.24, 2.45) is 0 Å². The number of aromatic nitrogens is 2. The molecule has 0 saturated heterocycles. The molecule has 0 spiro atoms. The molecule has 6 nitrogen and oxygen atoms in total. The summed E-state index contributed by atoms with van der Waals surface area (Å²) >= 11 is -0.521. The first-order chi connectivity index (χ1) is 17.0. The Balaban J connectivity index is 1.48. The van der Waals surface area contributed by atoms with Gasteiger partial charge in [0.2, 0.25) is 0 Å². The third-order valence-electron chi connectivity index (χ3n) is 5.62. The van der Waals surface area contributed by atoms with Crippen LogP contribution in [0.5, 0.6) is 0 Å². The highest BCUT2D eigenvalue weighted by molar-refractivity contribution is 7.80. The predicted octanol–water partition coefficient (Wildman–Crippen LogP) is 6.63. The summed E-state index contributed by atoms with van der Waals surface area (Å²) in [6, 6.07) is 20.5. The molecule has 0 aliphatic heterocycles. The molecule has 0 saturated carbocycles. The average Bonchev–Trinajstić information content (AvgIpc) is 3.33. The molecule has 0 aliphatic rings. The fourth-order valence-corrected chi connectivity index (χ4v) is 4.88. The fraction of sp³-hybridized carbons (Fsp3) is 0.0769. The zero-order valence-electron chi connectivity index (χ0n) is 18.7. The Labute approximate surface area is 208 Å². The molecule has 0 bridgehead atoms. The van der Waals surface area contributed by atoms with Gasteiger partial charge in [-0.3, -0.25) is 14.3 Å². The van der Waals surface area contributed by atoms with Crippen LogP contribution in [0, 0.1) is 12.7 Å². The van der Waals surface area contributed by atoms with E-state index in [4.69, 9.17) is 9.54 Å². The fourth-order valence-electron chi connectivity index (χ4n) is 3.82. The van der Waals surface area contributed by atoms with Gasteiger partial charge in [0.25, 0.3) is 11.3 Å². The second-order valence-electron chi connectivity index (χ2n) is 8.02. The molecule has 2 heterocycles. The molecular formula is C26H21FN4O2S2. The van der Waals surface area contributed by atoms with Crippen molar-refractivity contribution in [1.82, 2.24) is 9.97 Å². The van der Waals surface area contributed by atoms with E-state index in [2.05, 4.69) is 21.1 Å². The highest BCUT2D eigenvalue weighted by atomic mass is 32.2. The van der Waals surface area contributed by atoms with Crippen molar-refractivity contribution in [2.75, 3.05) is 10.0 Å². The van der Waals surface area contributed by atoms with Gasteiger partial charge in [-0.2, -0.15) is 0 Å². The molecule has 3 N–H and O–H groups in total. The first-order valence-electron chi connectivity index (χ1n) is 10.8. The number of pyridine rings is 1. The van der Waals surface area contributed by atoms with E-state index in [9.17, 15) is 8.60 Å². The number of anilines is 2. The Hall–Kier alpha value is -3.66. The van der Waals surface area contributed by atoms with Crippen LogP contribution in [-0.2, 0) is 17.8 Å². The van der Waals surface area contributed by atoms with Crippen LogP contribution in [0.15, 0.2) is 78.4 Å². The molecule has 176 valence electrons. The van der Waals surface area contributed by atoms with Crippen molar-refractivity contribution in [3.8, 4) is 22.4 Å². The molecule has 0 radical (unpaired) electrons. The maximum Gasteiger partial charge on any atom is 0.259 e. The second-order valence-corrected chi connectivity index (χ2v) is 9.61. The van der Waals surface area contributed by atoms with E-state index in [1.807, 2.05) is 41.9 Å². The number of thiazole rings is 1. The lowest BCUT2D eigenvalue weighted by Gasteiger charge is -2.14. The highest BCUT2D eigenvalue weighted by Gasteiger charge is 2.13. The summed E-state index contributed by atoms with van der Waals surface area (Å²) in [5.41, 5.74) is 9.31. The monoisotopic (exact) mass is 504 g/mol. The Morgan fingerprint density at radius 2 is 1.77 bits per heavy atom. The standard InChI is InChI=1S/C26H21FN4O2S2/c1-16-10-19(4-8-23(16)27)26-22(18-5-9-24-25(11-18)34-15-30-24)12-21(14-29-26)28-13-17-2-6-20(7-3-17)31-35(32)33/h2-12,14-15,28,31H,13H2,1H3,(H,32,33).